The Kier molecular flexibility index (Phi) is 3.56. The first kappa shape index (κ1) is 14.7. The Morgan fingerprint density at radius 3 is 2.72 bits per heavy atom. The molecule has 0 radical (unpaired) electrons. The van der Waals surface area contributed by atoms with E-state index >= 15 is 0 Å². The zero-order valence-corrected chi connectivity index (χ0v) is 14.1. The lowest BCUT2D eigenvalue weighted by molar-refractivity contribution is 0.304. The van der Waals surface area contributed by atoms with E-state index in [0.29, 0.717) is 6.10 Å². The number of fused-ring (bicyclic) bond motifs is 1. The van der Waals surface area contributed by atoms with Gasteiger partial charge in [-0.1, -0.05) is 18.2 Å². The third-order valence-corrected chi connectivity index (χ3v) is 4.79. The molecule has 128 valence electrons. The largest absolute Gasteiger partial charge is 0.490 e. The highest BCUT2D eigenvalue weighted by molar-refractivity contribution is 5.81. The minimum Gasteiger partial charge on any atom is -0.490 e. The highest BCUT2D eigenvalue weighted by Crippen LogP contribution is 2.36. The fourth-order valence-corrected chi connectivity index (χ4v) is 3.28. The average molecular weight is 335 g/mol. The topological polar surface area (TPSA) is 54.7 Å². The number of hydrogen-bond acceptors (Lipinski definition) is 5. The van der Waals surface area contributed by atoms with Crippen LogP contribution in [0.1, 0.15) is 12.8 Å². The number of piperazine rings is 1. The Balaban J connectivity index is 1.57. The van der Waals surface area contributed by atoms with E-state index in [1.165, 1.54) is 0 Å². The van der Waals surface area contributed by atoms with Gasteiger partial charge in [-0.15, -0.1) is 0 Å². The van der Waals surface area contributed by atoms with Crippen LogP contribution in [-0.2, 0) is 0 Å². The number of para-hydroxylation sites is 1. The minimum absolute atomic E-state index is 0.368. The van der Waals surface area contributed by atoms with Gasteiger partial charge in [0.1, 0.15) is 11.6 Å². The minimum atomic E-state index is 0.368. The molecule has 3 heterocycles. The van der Waals surface area contributed by atoms with Crippen molar-refractivity contribution >= 4 is 11.5 Å². The lowest BCUT2D eigenvalue weighted by atomic mass is 10.1. The molecule has 5 rings (SSSR count). The second-order valence-electron chi connectivity index (χ2n) is 6.66. The Hall–Kier alpha value is -2.60. The van der Waals surface area contributed by atoms with Gasteiger partial charge < -0.3 is 15.0 Å². The second kappa shape index (κ2) is 6.04. The summed E-state index contributed by atoms with van der Waals surface area (Å²) < 4.78 is 7.93. The molecule has 0 atom stereocenters. The lowest BCUT2D eigenvalue weighted by Crippen LogP contribution is -2.43. The maximum Gasteiger partial charge on any atom is 0.165 e. The molecule has 0 amide bonds. The SMILES string of the molecule is c1ccc(-c2cnn3ccc(N4CCNCC4)nc23)c(OC2CC2)c1. The van der Waals surface area contributed by atoms with Crippen molar-refractivity contribution in [2.24, 2.45) is 0 Å². The normalized spacial score (nSPS) is 17.8. The molecule has 3 aromatic rings. The monoisotopic (exact) mass is 335 g/mol. The summed E-state index contributed by atoms with van der Waals surface area (Å²) >= 11 is 0. The Morgan fingerprint density at radius 2 is 1.88 bits per heavy atom. The summed E-state index contributed by atoms with van der Waals surface area (Å²) in [7, 11) is 0. The molecule has 25 heavy (non-hydrogen) atoms. The standard InChI is InChI=1S/C19H21N5O/c1-2-4-17(25-14-5-6-14)15(3-1)16-13-21-24-10-7-18(22-19(16)24)23-11-8-20-9-12-23/h1-4,7,10,13-14,20H,5-6,8-9,11-12H2. The van der Waals surface area contributed by atoms with Crippen molar-refractivity contribution in [2.75, 3.05) is 31.1 Å². The maximum absolute atomic E-state index is 6.09. The first-order chi connectivity index (χ1) is 12.4. The van der Waals surface area contributed by atoms with Gasteiger partial charge in [-0.05, 0) is 25.0 Å². The van der Waals surface area contributed by atoms with Gasteiger partial charge in [-0.2, -0.15) is 5.10 Å². The summed E-state index contributed by atoms with van der Waals surface area (Å²) in [4.78, 5) is 7.23. The van der Waals surface area contributed by atoms with E-state index in [1.54, 1.807) is 0 Å². The molecule has 0 spiro atoms. The quantitative estimate of drug-likeness (QED) is 0.793. The van der Waals surface area contributed by atoms with Crippen LogP contribution in [0, 0.1) is 0 Å². The van der Waals surface area contributed by atoms with E-state index in [2.05, 4.69) is 21.4 Å². The molecule has 0 unspecified atom stereocenters. The highest BCUT2D eigenvalue weighted by atomic mass is 16.5. The molecule has 2 fully saturated rings. The van der Waals surface area contributed by atoms with Crippen LogP contribution in [0.25, 0.3) is 16.8 Å². The van der Waals surface area contributed by atoms with Crippen molar-refractivity contribution in [1.82, 2.24) is 19.9 Å². The van der Waals surface area contributed by atoms with Crippen LogP contribution in [0.3, 0.4) is 0 Å². The van der Waals surface area contributed by atoms with Gasteiger partial charge in [0.25, 0.3) is 0 Å². The highest BCUT2D eigenvalue weighted by Gasteiger charge is 2.25. The number of nitrogens with one attached hydrogen (secondary N) is 1. The molecule has 1 aliphatic heterocycles. The summed E-state index contributed by atoms with van der Waals surface area (Å²) in [6.45, 7) is 3.95. The van der Waals surface area contributed by atoms with Crippen LogP contribution in [-0.4, -0.2) is 46.9 Å². The van der Waals surface area contributed by atoms with Gasteiger partial charge in [0, 0.05) is 37.9 Å². The van der Waals surface area contributed by atoms with Gasteiger partial charge >= 0.3 is 0 Å². The summed E-state index contributed by atoms with van der Waals surface area (Å²) in [6.07, 6.45) is 6.54. The van der Waals surface area contributed by atoms with Gasteiger partial charge in [0.2, 0.25) is 0 Å². The first-order valence-electron chi connectivity index (χ1n) is 8.94. The Morgan fingerprint density at radius 1 is 1.04 bits per heavy atom. The fourth-order valence-electron chi connectivity index (χ4n) is 3.28. The van der Waals surface area contributed by atoms with Crippen LogP contribution in [0.15, 0.2) is 42.7 Å². The van der Waals surface area contributed by atoms with E-state index in [-0.39, 0.29) is 0 Å². The third-order valence-electron chi connectivity index (χ3n) is 4.79. The van der Waals surface area contributed by atoms with Crippen molar-refractivity contribution in [3.8, 4) is 16.9 Å². The van der Waals surface area contributed by atoms with Crippen LogP contribution in [0.2, 0.25) is 0 Å². The molecule has 1 aromatic carbocycles. The fraction of sp³-hybridized carbons (Fsp3) is 0.368. The molecule has 0 bridgehead atoms. The number of hydrogen-bond donors (Lipinski definition) is 1. The number of benzene rings is 1. The Labute approximate surface area is 146 Å². The zero-order valence-electron chi connectivity index (χ0n) is 14.1. The van der Waals surface area contributed by atoms with E-state index in [4.69, 9.17) is 9.72 Å². The predicted molar refractivity (Wildman–Crippen MR) is 97.2 cm³/mol. The average Bonchev–Trinajstić information content (AvgIpc) is 3.39. The molecule has 1 N–H and O–H groups in total. The summed E-state index contributed by atoms with van der Waals surface area (Å²) in [5.74, 6) is 1.94. The van der Waals surface area contributed by atoms with Crippen LogP contribution in [0.5, 0.6) is 5.75 Å². The first-order valence-corrected chi connectivity index (χ1v) is 8.94. The van der Waals surface area contributed by atoms with Crippen molar-refractivity contribution < 1.29 is 4.74 Å². The third kappa shape index (κ3) is 2.82. The van der Waals surface area contributed by atoms with Crippen LogP contribution in [0.4, 0.5) is 5.82 Å². The predicted octanol–water partition coefficient (Wildman–Crippen LogP) is 2.35. The van der Waals surface area contributed by atoms with Crippen LogP contribution < -0.4 is 15.0 Å². The van der Waals surface area contributed by atoms with Gasteiger partial charge in [-0.25, -0.2) is 9.50 Å². The molecule has 1 saturated carbocycles. The van der Waals surface area contributed by atoms with Crippen molar-refractivity contribution in [3.05, 3.63) is 42.7 Å². The zero-order chi connectivity index (χ0) is 16.6. The van der Waals surface area contributed by atoms with Crippen LogP contribution >= 0.6 is 0 Å². The van der Waals surface area contributed by atoms with Crippen molar-refractivity contribution in [3.63, 3.8) is 0 Å². The molecule has 1 saturated heterocycles. The number of rotatable bonds is 4. The molecular formula is C19H21N5O. The van der Waals surface area contributed by atoms with Gasteiger partial charge in [-0.3, -0.25) is 0 Å². The van der Waals surface area contributed by atoms with E-state index in [1.807, 2.05) is 41.2 Å². The number of ether oxygens (including phenoxy) is 1. The number of aromatic nitrogens is 3. The van der Waals surface area contributed by atoms with Gasteiger partial charge in [0.05, 0.1) is 17.9 Å². The second-order valence-corrected chi connectivity index (χ2v) is 6.66. The van der Waals surface area contributed by atoms with Gasteiger partial charge in [0.15, 0.2) is 5.65 Å². The van der Waals surface area contributed by atoms with Crippen molar-refractivity contribution in [2.45, 2.75) is 18.9 Å². The molecular weight excluding hydrogens is 314 g/mol. The summed E-state index contributed by atoms with van der Waals surface area (Å²) in [5, 5.41) is 7.87. The molecule has 2 aromatic heterocycles. The van der Waals surface area contributed by atoms with E-state index < -0.39 is 0 Å². The molecule has 6 nitrogen and oxygen atoms in total. The molecule has 1 aliphatic carbocycles. The van der Waals surface area contributed by atoms with Crippen molar-refractivity contribution in [1.29, 1.82) is 0 Å². The summed E-state index contributed by atoms with van der Waals surface area (Å²) in [6, 6.07) is 10.2. The van der Waals surface area contributed by atoms with E-state index in [0.717, 1.165) is 67.4 Å². The lowest BCUT2D eigenvalue weighted by Gasteiger charge is -2.28. The molecule has 2 aliphatic rings. The van der Waals surface area contributed by atoms with E-state index in [9.17, 15) is 0 Å². The Bertz CT molecular complexity index is 896. The summed E-state index contributed by atoms with van der Waals surface area (Å²) in [5.41, 5.74) is 2.96. The number of anilines is 1. The molecule has 6 heteroatoms. The number of nitrogens with zero attached hydrogens (tertiary/aromatic N) is 4. The maximum atomic E-state index is 6.09. The smallest absolute Gasteiger partial charge is 0.165 e.